The van der Waals surface area contributed by atoms with Crippen LogP contribution in [0.2, 0.25) is 0 Å². The van der Waals surface area contributed by atoms with Gasteiger partial charge < -0.3 is 9.15 Å². The van der Waals surface area contributed by atoms with E-state index in [1.54, 1.807) is 13.0 Å². The van der Waals surface area contributed by atoms with Crippen LogP contribution in [0.5, 0.6) is 5.75 Å². The van der Waals surface area contributed by atoms with Crippen molar-refractivity contribution in [2.75, 3.05) is 13.1 Å². The average molecular weight is 346 g/mol. The summed E-state index contributed by atoms with van der Waals surface area (Å²) in [7, 11) is -3.61. The van der Waals surface area contributed by atoms with Gasteiger partial charge in [-0.3, -0.25) is 0 Å². The maximum atomic E-state index is 12.4. The minimum Gasteiger partial charge on any atom is -0.487 e. The van der Waals surface area contributed by atoms with Crippen LogP contribution in [0.3, 0.4) is 0 Å². The second kappa shape index (κ2) is 6.11. The smallest absolute Gasteiger partial charge is 0.339 e. The Morgan fingerprint density at radius 3 is 2.50 bits per heavy atom. The first-order chi connectivity index (χ1) is 11.4. The highest BCUT2D eigenvalue weighted by Crippen LogP contribution is 2.24. The standard InChI is InChI=1S/C16H14N2O5S/c1-11-6-13(7-16(19)22-11)23-14-9-18(10-14)24(20,21)15-4-2-12(8-17)3-5-15/h2-7,14H,9-10H2,1H3. The highest BCUT2D eigenvalue weighted by atomic mass is 32.2. The summed E-state index contributed by atoms with van der Waals surface area (Å²) in [4.78, 5) is 11.4. The van der Waals surface area contributed by atoms with Crippen LogP contribution in [-0.4, -0.2) is 31.9 Å². The van der Waals surface area contributed by atoms with E-state index in [1.807, 2.05) is 6.07 Å². The molecule has 0 aliphatic carbocycles. The van der Waals surface area contributed by atoms with Gasteiger partial charge in [-0.25, -0.2) is 13.2 Å². The summed E-state index contributed by atoms with van der Waals surface area (Å²) >= 11 is 0. The van der Waals surface area contributed by atoms with Crippen LogP contribution in [0.25, 0.3) is 0 Å². The molecule has 1 aromatic heterocycles. The summed E-state index contributed by atoms with van der Waals surface area (Å²) < 4.78 is 36.6. The van der Waals surface area contributed by atoms with Crippen molar-refractivity contribution in [1.29, 1.82) is 5.26 Å². The van der Waals surface area contributed by atoms with E-state index in [0.29, 0.717) is 17.1 Å². The largest absolute Gasteiger partial charge is 0.487 e. The molecule has 1 aromatic carbocycles. The third kappa shape index (κ3) is 3.18. The van der Waals surface area contributed by atoms with E-state index in [0.717, 1.165) is 0 Å². The number of benzene rings is 1. The van der Waals surface area contributed by atoms with Crippen LogP contribution < -0.4 is 10.4 Å². The summed E-state index contributed by atoms with van der Waals surface area (Å²) in [5.41, 5.74) is -0.108. The molecule has 3 rings (SSSR count). The number of nitrogens with zero attached hydrogens (tertiary/aromatic N) is 2. The predicted octanol–water partition coefficient (Wildman–Crippen LogP) is 1.27. The van der Waals surface area contributed by atoms with Gasteiger partial charge >= 0.3 is 5.63 Å². The lowest BCUT2D eigenvalue weighted by Gasteiger charge is -2.37. The molecular weight excluding hydrogens is 332 g/mol. The van der Waals surface area contributed by atoms with E-state index in [-0.39, 0.29) is 24.1 Å². The fourth-order valence-corrected chi connectivity index (χ4v) is 3.86. The number of sulfonamides is 1. The monoisotopic (exact) mass is 346 g/mol. The van der Waals surface area contributed by atoms with Gasteiger partial charge in [0.25, 0.3) is 0 Å². The molecule has 8 heteroatoms. The van der Waals surface area contributed by atoms with E-state index >= 15 is 0 Å². The Balaban J connectivity index is 1.66. The molecule has 124 valence electrons. The summed E-state index contributed by atoms with van der Waals surface area (Å²) in [5, 5.41) is 8.76. The molecule has 0 atom stereocenters. The van der Waals surface area contributed by atoms with Gasteiger partial charge in [-0.05, 0) is 31.2 Å². The predicted molar refractivity (Wildman–Crippen MR) is 84.0 cm³/mol. The van der Waals surface area contributed by atoms with Crippen molar-refractivity contribution in [2.24, 2.45) is 0 Å². The van der Waals surface area contributed by atoms with Crippen molar-refractivity contribution in [2.45, 2.75) is 17.9 Å². The van der Waals surface area contributed by atoms with Crippen molar-refractivity contribution < 1.29 is 17.6 Å². The molecule has 0 unspecified atom stereocenters. The summed E-state index contributed by atoms with van der Waals surface area (Å²) in [6.45, 7) is 2.03. The Labute approximate surface area is 138 Å². The lowest BCUT2D eigenvalue weighted by Crippen LogP contribution is -2.55. The minimum absolute atomic E-state index is 0.135. The summed E-state index contributed by atoms with van der Waals surface area (Å²) in [5.74, 6) is 0.794. The SMILES string of the molecule is Cc1cc(OC2CN(S(=O)(=O)c3ccc(C#N)cc3)C2)cc(=O)o1. The van der Waals surface area contributed by atoms with Gasteiger partial charge in [-0.15, -0.1) is 0 Å². The summed E-state index contributed by atoms with van der Waals surface area (Å²) in [6.07, 6.45) is -0.320. The molecule has 0 N–H and O–H groups in total. The number of hydrogen-bond acceptors (Lipinski definition) is 6. The Morgan fingerprint density at radius 2 is 1.92 bits per heavy atom. The number of ether oxygens (including phenoxy) is 1. The zero-order valence-corrected chi connectivity index (χ0v) is 13.6. The second-order valence-electron chi connectivity index (χ2n) is 5.42. The first-order valence-electron chi connectivity index (χ1n) is 7.17. The van der Waals surface area contributed by atoms with Gasteiger partial charge in [0.2, 0.25) is 10.0 Å². The zero-order chi connectivity index (χ0) is 17.3. The van der Waals surface area contributed by atoms with Gasteiger partial charge in [0.15, 0.2) is 0 Å². The average Bonchev–Trinajstić information content (AvgIpc) is 2.49. The molecule has 2 aromatic rings. The van der Waals surface area contributed by atoms with Crippen LogP contribution in [0.4, 0.5) is 0 Å². The third-order valence-electron chi connectivity index (χ3n) is 3.61. The Kier molecular flexibility index (Phi) is 4.13. The molecule has 1 saturated heterocycles. The van der Waals surface area contributed by atoms with Crippen LogP contribution in [0.15, 0.2) is 50.5 Å². The van der Waals surface area contributed by atoms with E-state index in [4.69, 9.17) is 14.4 Å². The molecule has 0 bridgehead atoms. The Bertz CT molecular complexity index is 951. The van der Waals surface area contributed by atoms with Crippen molar-refractivity contribution in [3.8, 4) is 11.8 Å². The molecule has 0 radical (unpaired) electrons. The fraction of sp³-hybridized carbons (Fsp3) is 0.250. The van der Waals surface area contributed by atoms with E-state index in [9.17, 15) is 13.2 Å². The molecular formula is C16H14N2O5S. The van der Waals surface area contributed by atoms with E-state index in [2.05, 4.69) is 0 Å². The normalized spacial score (nSPS) is 15.5. The second-order valence-corrected chi connectivity index (χ2v) is 7.36. The van der Waals surface area contributed by atoms with Crippen molar-refractivity contribution >= 4 is 10.0 Å². The van der Waals surface area contributed by atoms with Gasteiger partial charge in [0, 0.05) is 6.07 Å². The first kappa shape index (κ1) is 16.2. The fourth-order valence-electron chi connectivity index (χ4n) is 2.36. The highest BCUT2D eigenvalue weighted by molar-refractivity contribution is 7.89. The van der Waals surface area contributed by atoms with E-state index < -0.39 is 15.6 Å². The van der Waals surface area contributed by atoms with Crippen molar-refractivity contribution in [3.05, 3.63) is 58.1 Å². The lowest BCUT2D eigenvalue weighted by molar-refractivity contribution is 0.0754. The third-order valence-corrected chi connectivity index (χ3v) is 5.45. The van der Waals surface area contributed by atoms with Crippen molar-refractivity contribution in [3.63, 3.8) is 0 Å². The number of hydrogen-bond donors (Lipinski definition) is 0. The molecule has 1 aliphatic rings. The first-order valence-corrected chi connectivity index (χ1v) is 8.61. The topological polar surface area (TPSA) is 101 Å². The van der Waals surface area contributed by atoms with Gasteiger partial charge in [0.05, 0.1) is 35.7 Å². The molecule has 24 heavy (non-hydrogen) atoms. The van der Waals surface area contributed by atoms with Crippen LogP contribution in [0, 0.1) is 18.3 Å². The molecule has 1 fully saturated rings. The Morgan fingerprint density at radius 1 is 1.25 bits per heavy atom. The van der Waals surface area contributed by atoms with Crippen LogP contribution in [-0.2, 0) is 10.0 Å². The lowest BCUT2D eigenvalue weighted by atomic mass is 10.2. The van der Waals surface area contributed by atoms with Gasteiger partial charge in [-0.2, -0.15) is 9.57 Å². The number of aryl methyl sites for hydroxylation is 1. The van der Waals surface area contributed by atoms with Gasteiger partial charge in [0.1, 0.15) is 17.6 Å². The summed E-state index contributed by atoms with van der Waals surface area (Å²) in [6, 6.07) is 10.5. The van der Waals surface area contributed by atoms with Crippen molar-refractivity contribution in [1.82, 2.24) is 4.31 Å². The quantitative estimate of drug-likeness (QED) is 0.826. The number of nitriles is 1. The van der Waals surface area contributed by atoms with Crippen LogP contribution in [0.1, 0.15) is 11.3 Å². The molecule has 0 spiro atoms. The number of rotatable bonds is 4. The molecule has 1 aliphatic heterocycles. The molecule has 2 heterocycles. The molecule has 0 saturated carbocycles. The van der Waals surface area contributed by atoms with Crippen LogP contribution >= 0.6 is 0 Å². The maximum absolute atomic E-state index is 12.4. The molecule has 0 amide bonds. The minimum atomic E-state index is -3.61. The van der Waals surface area contributed by atoms with Gasteiger partial charge in [-0.1, -0.05) is 0 Å². The Hall–Kier alpha value is -2.63. The highest BCUT2D eigenvalue weighted by Gasteiger charge is 2.38. The maximum Gasteiger partial charge on any atom is 0.339 e. The zero-order valence-electron chi connectivity index (χ0n) is 12.8. The molecule has 7 nitrogen and oxygen atoms in total. The van der Waals surface area contributed by atoms with E-state index in [1.165, 1.54) is 34.6 Å².